The molecule has 0 aliphatic rings. The molecule has 0 bridgehead atoms. The Morgan fingerprint density at radius 1 is 1.48 bits per heavy atom. The fourth-order valence-corrected chi connectivity index (χ4v) is 2.69. The molecule has 1 amide bonds. The molecule has 1 aromatic carbocycles. The van der Waals surface area contributed by atoms with Gasteiger partial charge in [-0.1, -0.05) is 11.6 Å². The van der Waals surface area contributed by atoms with Crippen molar-refractivity contribution in [3.8, 4) is 0 Å². The third kappa shape index (κ3) is 3.29. The Labute approximate surface area is 129 Å². The first-order chi connectivity index (χ1) is 9.92. The van der Waals surface area contributed by atoms with Gasteiger partial charge in [0.15, 0.2) is 5.13 Å². The van der Waals surface area contributed by atoms with Gasteiger partial charge in [0.1, 0.15) is 5.69 Å². The second kappa shape index (κ2) is 6.06. The minimum absolute atomic E-state index is 0.0959. The minimum atomic E-state index is -0.595. The largest absolute Gasteiger partial charge is 0.381 e. The molecule has 21 heavy (non-hydrogen) atoms. The van der Waals surface area contributed by atoms with Crippen molar-refractivity contribution in [2.24, 2.45) is 0 Å². The maximum atomic E-state index is 12.1. The van der Waals surface area contributed by atoms with Crippen molar-refractivity contribution < 1.29 is 9.72 Å². The molecule has 0 unspecified atom stereocenters. The van der Waals surface area contributed by atoms with Gasteiger partial charge < -0.3 is 5.32 Å². The number of aromatic nitrogens is 1. The van der Waals surface area contributed by atoms with E-state index >= 15 is 0 Å². The van der Waals surface area contributed by atoms with Crippen LogP contribution >= 0.6 is 22.9 Å². The SMILES string of the molecule is CNc1c(Cl)cc(C(=O)Nc2nc(C)cs2)cc1[N+](=O)[O-]. The zero-order chi connectivity index (χ0) is 15.6. The number of carbonyl (C=O) groups excluding carboxylic acids is 1. The molecule has 2 N–H and O–H groups in total. The van der Waals surface area contributed by atoms with Gasteiger partial charge in [-0.05, 0) is 13.0 Å². The molecule has 0 aliphatic heterocycles. The molecule has 1 heterocycles. The number of thiazole rings is 1. The van der Waals surface area contributed by atoms with Gasteiger partial charge in [-0.2, -0.15) is 0 Å². The van der Waals surface area contributed by atoms with Crippen LogP contribution in [0.3, 0.4) is 0 Å². The first-order valence-electron chi connectivity index (χ1n) is 5.81. The monoisotopic (exact) mass is 326 g/mol. The predicted molar refractivity (Wildman–Crippen MR) is 82.5 cm³/mol. The Bertz CT molecular complexity index is 717. The molecule has 0 aliphatic carbocycles. The van der Waals surface area contributed by atoms with E-state index in [0.717, 1.165) is 5.69 Å². The molecular weight excluding hydrogens is 316 g/mol. The van der Waals surface area contributed by atoms with Gasteiger partial charge >= 0.3 is 0 Å². The smallest absolute Gasteiger partial charge is 0.294 e. The fraction of sp³-hybridized carbons (Fsp3) is 0.167. The Hall–Kier alpha value is -2.19. The van der Waals surface area contributed by atoms with Gasteiger partial charge in [0.2, 0.25) is 0 Å². The van der Waals surface area contributed by atoms with Crippen molar-refractivity contribution in [1.29, 1.82) is 0 Å². The standard InChI is InChI=1S/C12H11ClN4O3S/c1-6-5-21-12(15-6)16-11(18)7-3-8(13)10(14-2)9(4-7)17(19)20/h3-5,14H,1-2H3,(H,15,16,18). The Kier molecular flexibility index (Phi) is 4.39. The summed E-state index contributed by atoms with van der Waals surface area (Å²) in [7, 11) is 1.52. The number of hydrogen-bond donors (Lipinski definition) is 2. The average molecular weight is 327 g/mol. The van der Waals surface area contributed by atoms with Gasteiger partial charge in [-0.15, -0.1) is 11.3 Å². The first-order valence-corrected chi connectivity index (χ1v) is 7.07. The lowest BCUT2D eigenvalue weighted by molar-refractivity contribution is -0.383. The van der Waals surface area contributed by atoms with Crippen LogP contribution in [0.25, 0.3) is 0 Å². The van der Waals surface area contributed by atoms with Crippen molar-refractivity contribution in [3.63, 3.8) is 0 Å². The van der Waals surface area contributed by atoms with Crippen LogP contribution in [0.15, 0.2) is 17.5 Å². The van der Waals surface area contributed by atoms with E-state index in [2.05, 4.69) is 15.6 Å². The molecule has 0 atom stereocenters. The van der Waals surface area contributed by atoms with Crippen LogP contribution in [0.5, 0.6) is 0 Å². The maximum Gasteiger partial charge on any atom is 0.294 e. The highest BCUT2D eigenvalue weighted by Crippen LogP contribution is 2.33. The Morgan fingerprint density at radius 3 is 2.71 bits per heavy atom. The van der Waals surface area contributed by atoms with Crippen molar-refractivity contribution >= 4 is 45.4 Å². The summed E-state index contributed by atoms with van der Waals surface area (Å²) in [4.78, 5) is 26.6. The number of benzene rings is 1. The summed E-state index contributed by atoms with van der Waals surface area (Å²) >= 11 is 7.24. The number of aryl methyl sites for hydroxylation is 1. The number of rotatable bonds is 4. The van der Waals surface area contributed by atoms with Gasteiger partial charge in [-0.25, -0.2) is 4.98 Å². The van der Waals surface area contributed by atoms with Crippen LogP contribution in [0, 0.1) is 17.0 Å². The normalized spacial score (nSPS) is 10.2. The summed E-state index contributed by atoms with van der Waals surface area (Å²) in [5.41, 5.74) is 0.789. The van der Waals surface area contributed by atoms with Crippen LogP contribution in [-0.2, 0) is 0 Å². The summed E-state index contributed by atoms with van der Waals surface area (Å²) in [5, 5.41) is 18.6. The van der Waals surface area contributed by atoms with E-state index in [1.807, 2.05) is 0 Å². The Morgan fingerprint density at radius 2 is 2.19 bits per heavy atom. The second-order valence-corrected chi connectivity index (χ2v) is 5.37. The number of nitro groups is 1. The summed E-state index contributed by atoms with van der Waals surface area (Å²) in [6, 6.07) is 2.55. The maximum absolute atomic E-state index is 12.1. The Balaban J connectivity index is 2.35. The van der Waals surface area contributed by atoms with Crippen molar-refractivity contribution in [2.45, 2.75) is 6.92 Å². The predicted octanol–water partition coefficient (Wildman–Crippen LogP) is 3.31. The van der Waals surface area contributed by atoms with Gasteiger partial charge in [0, 0.05) is 24.1 Å². The number of nitro benzene ring substituents is 1. The second-order valence-electron chi connectivity index (χ2n) is 4.11. The highest BCUT2D eigenvalue weighted by Gasteiger charge is 2.21. The molecule has 0 radical (unpaired) electrons. The summed E-state index contributed by atoms with van der Waals surface area (Å²) in [5.74, 6) is -0.503. The van der Waals surface area contributed by atoms with E-state index in [-0.39, 0.29) is 22.0 Å². The average Bonchev–Trinajstić information content (AvgIpc) is 2.82. The molecule has 0 saturated heterocycles. The number of nitrogens with zero attached hydrogens (tertiary/aromatic N) is 2. The zero-order valence-electron chi connectivity index (χ0n) is 11.1. The summed E-state index contributed by atoms with van der Waals surface area (Å²) in [6.07, 6.45) is 0. The molecule has 2 aromatic rings. The lowest BCUT2D eigenvalue weighted by atomic mass is 10.1. The van der Waals surface area contributed by atoms with Crippen LogP contribution in [0.2, 0.25) is 5.02 Å². The topological polar surface area (TPSA) is 97.2 Å². The number of carbonyl (C=O) groups is 1. The molecular formula is C12H11ClN4O3S. The van der Waals surface area contributed by atoms with Crippen molar-refractivity contribution in [3.05, 3.63) is 43.9 Å². The van der Waals surface area contributed by atoms with E-state index in [1.54, 1.807) is 12.3 Å². The fourth-order valence-electron chi connectivity index (χ4n) is 1.70. The summed E-state index contributed by atoms with van der Waals surface area (Å²) < 4.78 is 0. The summed E-state index contributed by atoms with van der Waals surface area (Å²) in [6.45, 7) is 1.80. The molecule has 2 rings (SSSR count). The number of halogens is 1. The molecule has 7 nitrogen and oxygen atoms in total. The van der Waals surface area contributed by atoms with Crippen LogP contribution in [0.4, 0.5) is 16.5 Å². The molecule has 0 saturated carbocycles. The molecule has 0 fully saturated rings. The lowest BCUT2D eigenvalue weighted by Crippen LogP contribution is -2.12. The molecule has 9 heteroatoms. The van der Waals surface area contributed by atoms with Crippen molar-refractivity contribution in [2.75, 3.05) is 17.7 Å². The van der Waals surface area contributed by atoms with Crippen LogP contribution in [0.1, 0.15) is 16.1 Å². The van der Waals surface area contributed by atoms with E-state index in [9.17, 15) is 14.9 Å². The van der Waals surface area contributed by atoms with Gasteiger partial charge in [0.25, 0.3) is 11.6 Å². The number of anilines is 2. The number of nitrogens with one attached hydrogen (secondary N) is 2. The van der Waals surface area contributed by atoms with E-state index in [4.69, 9.17) is 11.6 Å². The lowest BCUT2D eigenvalue weighted by Gasteiger charge is -2.07. The zero-order valence-corrected chi connectivity index (χ0v) is 12.7. The molecule has 110 valence electrons. The highest BCUT2D eigenvalue weighted by molar-refractivity contribution is 7.13. The van der Waals surface area contributed by atoms with Gasteiger partial charge in [-0.3, -0.25) is 20.2 Å². The highest BCUT2D eigenvalue weighted by atomic mass is 35.5. The quantitative estimate of drug-likeness (QED) is 0.663. The van der Waals surface area contributed by atoms with Crippen LogP contribution in [-0.4, -0.2) is 22.9 Å². The van der Waals surface area contributed by atoms with E-state index in [0.29, 0.717) is 5.13 Å². The van der Waals surface area contributed by atoms with Gasteiger partial charge in [0.05, 0.1) is 15.6 Å². The minimum Gasteiger partial charge on any atom is -0.381 e. The number of amides is 1. The molecule has 1 aromatic heterocycles. The molecule has 0 spiro atoms. The van der Waals surface area contributed by atoms with Crippen molar-refractivity contribution in [1.82, 2.24) is 4.98 Å². The van der Waals surface area contributed by atoms with E-state index < -0.39 is 10.8 Å². The third-order valence-electron chi connectivity index (χ3n) is 2.62. The number of hydrogen-bond acceptors (Lipinski definition) is 6. The third-order valence-corrected chi connectivity index (χ3v) is 3.79. The van der Waals surface area contributed by atoms with Crippen LogP contribution < -0.4 is 10.6 Å². The van der Waals surface area contributed by atoms with E-state index in [1.165, 1.54) is 30.5 Å². The first kappa shape index (κ1) is 15.2.